The largest absolute Gasteiger partial charge is 0.508 e. The molecule has 0 atom stereocenters. The maximum atomic E-state index is 9.35. The molecule has 0 radical (unpaired) electrons. The molecule has 4 nitrogen and oxygen atoms in total. The highest BCUT2D eigenvalue weighted by Gasteiger charge is 2.02. The van der Waals surface area contributed by atoms with Crippen LogP contribution in [-0.4, -0.2) is 10.1 Å². The molecule has 4 N–H and O–H groups in total. The van der Waals surface area contributed by atoms with Crippen molar-refractivity contribution in [2.45, 2.75) is 6.61 Å². The van der Waals surface area contributed by atoms with E-state index in [4.69, 9.17) is 10.5 Å². The predicted molar refractivity (Wildman–Crippen MR) is 75.1 cm³/mol. The van der Waals surface area contributed by atoms with Gasteiger partial charge in [-0.3, -0.25) is 0 Å². The quantitative estimate of drug-likeness (QED) is 0.629. The van der Waals surface area contributed by atoms with Gasteiger partial charge < -0.3 is 20.6 Å². The Balaban J connectivity index is 1.78. The summed E-state index contributed by atoms with van der Waals surface area (Å²) in [7, 11) is 0. The topological polar surface area (TPSA) is 71.3 Å². The first-order valence-corrected chi connectivity index (χ1v) is 6.00. The molecular formula is C15H14N2O2. The Morgan fingerprint density at radius 3 is 2.84 bits per heavy atom. The van der Waals surface area contributed by atoms with Crippen molar-refractivity contribution < 1.29 is 9.84 Å². The number of aromatic amines is 1. The highest BCUT2D eigenvalue weighted by Crippen LogP contribution is 2.21. The van der Waals surface area contributed by atoms with Gasteiger partial charge in [0.15, 0.2) is 0 Å². The summed E-state index contributed by atoms with van der Waals surface area (Å²) in [5, 5.41) is 10.5. The molecule has 0 aliphatic rings. The van der Waals surface area contributed by atoms with Crippen LogP contribution in [0, 0.1) is 0 Å². The lowest BCUT2D eigenvalue weighted by Gasteiger charge is -2.04. The van der Waals surface area contributed by atoms with Crippen molar-refractivity contribution >= 4 is 16.6 Å². The molecule has 4 heteroatoms. The number of benzene rings is 2. The predicted octanol–water partition coefficient (Wildman–Crippen LogP) is 3.03. The molecule has 0 bridgehead atoms. The van der Waals surface area contributed by atoms with E-state index in [0.717, 1.165) is 22.3 Å². The van der Waals surface area contributed by atoms with Crippen LogP contribution in [0.15, 0.2) is 48.5 Å². The van der Waals surface area contributed by atoms with E-state index in [0.29, 0.717) is 12.4 Å². The Bertz CT molecular complexity index is 719. The van der Waals surface area contributed by atoms with Crippen LogP contribution < -0.4 is 10.5 Å². The number of H-pyrrole nitrogens is 1. The number of nitrogen functional groups attached to an aromatic ring is 1. The lowest BCUT2D eigenvalue weighted by molar-refractivity contribution is 0.300. The van der Waals surface area contributed by atoms with Crippen molar-refractivity contribution in [3.8, 4) is 11.5 Å². The van der Waals surface area contributed by atoms with Gasteiger partial charge in [-0.15, -0.1) is 0 Å². The van der Waals surface area contributed by atoms with Gasteiger partial charge >= 0.3 is 0 Å². The fourth-order valence-corrected chi connectivity index (χ4v) is 2.02. The second-order valence-electron chi connectivity index (χ2n) is 4.43. The Morgan fingerprint density at radius 1 is 1.11 bits per heavy atom. The molecule has 0 spiro atoms. The summed E-state index contributed by atoms with van der Waals surface area (Å²) < 4.78 is 5.61. The number of fused-ring (bicyclic) bond motifs is 1. The number of hydrogen-bond donors (Lipinski definition) is 3. The van der Waals surface area contributed by atoms with Crippen LogP contribution in [0.25, 0.3) is 10.9 Å². The van der Waals surface area contributed by atoms with E-state index >= 15 is 0 Å². The fraction of sp³-hybridized carbons (Fsp3) is 0.0667. The molecule has 0 unspecified atom stereocenters. The van der Waals surface area contributed by atoms with E-state index in [2.05, 4.69) is 4.98 Å². The first-order valence-electron chi connectivity index (χ1n) is 6.00. The van der Waals surface area contributed by atoms with Gasteiger partial charge in [-0.2, -0.15) is 0 Å². The third-order valence-electron chi connectivity index (χ3n) is 2.91. The zero-order valence-electron chi connectivity index (χ0n) is 10.3. The second-order valence-corrected chi connectivity index (χ2v) is 4.43. The van der Waals surface area contributed by atoms with Crippen molar-refractivity contribution in [3.05, 3.63) is 54.2 Å². The molecule has 0 amide bonds. The zero-order chi connectivity index (χ0) is 13.2. The molecular weight excluding hydrogens is 240 g/mol. The molecule has 0 aliphatic carbocycles. The van der Waals surface area contributed by atoms with Crippen molar-refractivity contribution in [3.63, 3.8) is 0 Å². The minimum Gasteiger partial charge on any atom is -0.508 e. The molecule has 3 rings (SSSR count). The Hall–Kier alpha value is -2.62. The first-order chi connectivity index (χ1) is 9.20. The Labute approximate surface area is 110 Å². The minimum atomic E-state index is 0.196. The van der Waals surface area contributed by atoms with Crippen LogP contribution in [0.5, 0.6) is 11.5 Å². The smallest absolute Gasteiger partial charge is 0.128 e. The number of aromatic nitrogens is 1. The molecule has 1 heterocycles. The number of phenolic OH excluding ortho intramolecular Hbond substituents is 1. The minimum absolute atomic E-state index is 0.196. The number of hydrogen-bond acceptors (Lipinski definition) is 3. The number of phenols is 1. The zero-order valence-corrected chi connectivity index (χ0v) is 10.3. The highest BCUT2D eigenvalue weighted by molar-refractivity contribution is 5.83. The molecule has 96 valence electrons. The first kappa shape index (κ1) is 11.5. The van der Waals surface area contributed by atoms with Gasteiger partial charge in [-0.25, -0.2) is 0 Å². The van der Waals surface area contributed by atoms with Crippen LogP contribution in [0.1, 0.15) is 5.69 Å². The summed E-state index contributed by atoms with van der Waals surface area (Å²) in [6.07, 6.45) is 0. The Kier molecular flexibility index (Phi) is 2.76. The average Bonchev–Trinajstić information content (AvgIpc) is 2.78. The van der Waals surface area contributed by atoms with Crippen LogP contribution in [0.4, 0.5) is 5.69 Å². The SMILES string of the molecule is Nc1ccc2cc(COc3cccc(O)c3)[nH]c2c1. The molecule has 0 fully saturated rings. The normalized spacial score (nSPS) is 10.7. The van der Waals surface area contributed by atoms with E-state index in [9.17, 15) is 5.11 Å². The van der Waals surface area contributed by atoms with Gasteiger partial charge in [0.25, 0.3) is 0 Å². The van der Waals surface area contributed by atoms with E-state index in [1.54, 1.807) is 24.3 Å². The third kappa shape index (κ3) is 2.47. The van der Waals surface area contributed by atoms with Crippen molar-refractivity contribution in [2.24, 2.45) is 0 Å². The lowest BCUT2D eigenvalue weighted by Crippen LogP contribution is -1.95. The van der Waals surface area contributed by atoms with Gasteiger partial charge in [-0.05, 0) is 35.7 Å². The van der Waals surface area contributed by atoms with E-state index < -0.39 is 0 Å². The molecule has 0 aliphatic heterocycles. The summed E-state index contributed by atoms with van der Waals surface area (Å²) in [5.74, 6) is 0.833. The van der Waals surface area contributed by atoms with Crippen molar-refractivity contribution in [2.75, 3.05) is 5.73 Å². The Morgan fingerprint density at radius 2 is 2.00 bits per heavy atom. The number of nitrogens with two attached hydrogens (primary N) is 1. The van der Waals surface area contributed by atoms with Crippen LogP contribution >= 0.6 is 0 Å². The number of rotatable bonds is 3. The maximum Gasteiger partial charge on any atom is 0.128 e. The van der Waals surface area contributed by atoms with Crippen LogP contribution in [0.2, 0.25) is 0 Å². The maximum absolute atomic E-state index is 9.35. The summed E-state index contributed by atoms with van der Waals surface area (Å²) in [5.41, 5.74) is 8.42. The number of ether oxygens (including phenoxy) is 1. The molecule has 19 heavy (non-hydrogen) atoms. The molecule has 0 saturated carbocycles. The number of aromatic hydroxyl groups is 1. The van der Waals surface area contributed by atoms with Gasteiger partial charge in [0.2, 0.25) is 0 Å². The summed E-state index contributed by atoms with van der Waals surface area (Å²) in [6, 6.07) is 14.5. The van der Waals surface area contributed by atoms with E-state index in [-0.39, 0.29) is 5.75 Å². The monoisotopic (exact) mass is 254 g/mol. The standard InChI is InChI=1S/C15H14N2O2/c16-11-5-4-10-6-12(17-15(10)7-11)9-19-14-3-1-2-13(18)8-14/h1-8,17-18H,9,16H2. The number of anilines is 1. The fourth-order valence-electron chi connectivity index (χ4n) is 2.02. The molecule has 0 saturated heterocycles. The summed E-state index contributed by atoms with van der Waals surface area (Å²) in [4.78, 5) is 3.25. The summed E-state index contributed by atoms with van der Waals surface area (Å²) >= 11 is 0. The van der Waals surface area contributed by atoms with Gasteiger partial charge in [-0.1, -0.05) is 12.1 Å². The van der Waals surface area contributed by atoms with Crippen molar-refractivity contribution in [1.29, 1.82) is 0 Å². The van der Waals surface area contributed by atoms with Crippen LogP contribution in [-0.2, 0) is 6.61 Å². The molecule has 1 aromatic heterocycles. The lowest BCUT2D eigenvalue weighted by atomic mass is 10.2. The van der Waals surface area contributed by atoms with Crippen LogP contribution in [0.3, 0.4) is 0 Å². The van der Waals surface area contributed by atoms with Crippen molar-refractivity contribution in [1.82, 2.24) is 4.98 Å². The van der Waals surface area contributed by atoms with Gasteiger partial charge in [0.1, 0.15) is 18.1 Å². The molecule has 2 aromatic carbocycles. The van der Waals surface area contributed by atoms with E-state index in [1.807, 2.05) is 24.3 Å². The van der Waals surface area contributed by atoms with Gasteiger partial charge in [0.05, 0.1) is 5.69 Å². The molecule has 3 aromatic rings. The number of nitrogens with one attached hydrogen (secondary N) is 1. The summed E-state index contributed by atoms with van der Waals surface area (Å²) in [6.45, 7) is 0.415. The van der Waals surface area contributed by atoms with E-state index in [1.165, 1.54) is 0 Å². The third-order valence-corrected chi connectivity index (χ3v) is 2.91. The highest BCUT2D eigenvalue weighted by atomic mass is 16.5. The second kappa shape index (κ2) is 4.57. The van der Waals surface area contributed by atoms with Gasteiger partial charge in [0, 0.05) is 17.3 Å². The average molecular weight is 254 g/mol.